The van der Waals surface area contributed by atoms with Gasteiger partial charge in [-0.2, -0.15) is 0 Å². The van der Waals surface area contributed by atoms with Gasteiger partial charge in [-0.3, -0.25) is 9.78 Å². The fraction of sp³-hybridized carbons (Fsp3) is 0.304. The van der Waals surface area contributed by atoms with Gasteiger partial charge < -0.3 is 10.1 Å². The predicted molar refractivity (Wildman–Crippen MR) is 107 cm³/mol. The standard InChI is InChI=1S/C23H24N2O2/c26-23(20-12-3-8-17-7-1-2-11-19(17)20)25-15-6-16-27-21-13-4-9-18-10-5-14-24-22(18)21/h1-2,4-5,7,9-11,13-14,20H,3,6,8,12,15-16H2,(H,25,26). The van der Waals surface area contributed by atoms with Gasteiger partial charge in [0.1, 0.15) is 11.3 Å². The maximum atomic E-state index is 12.6. The molecule has 0 saturated carbocycles. The first-order valence-corrected chi connectivity index (χ1v) is 9.65. The lowest BCUT2D eigenvalue weighted by atomic mass is 9.82. The number of pyridine rings is 1. The molecule has 1 unspecified atom stereocenters. The van der Waals surface area contributed by atoms with Gasteiger partial charge in [0.15, 0.2) is 0 Å². The van der Waals surface area contributed by atoms with Crippen LogP contribution in [0.25, 0.3) is 10.9 Å². The van der Waals surface area contributed by atoms with E-state index < -0.39 is 0 Å². The highest BCUT2D eigenvalue weighted by atomic mass is 16.5. The van der Waals surface area contributed by atoms with E-state index >= 15 is 0 Å². The van der Waals surface area contributed by atoms with Gasteiger partial charge in [-0.25, -0.2) is 0 Å². The highest BCUT2D eigenvalue weighted by molar-refractivity contribution is 5.84. The summed E-state index contributed by atoms with van der Waals surface area (Å²) in [5.41, 5.74) is 3.39. The van der Waals surface area contributed by atoms with Gasteiger partial charge in [-0.05, 0) is 48.9 Å². The summed E-state index contributed by atoms with van der Waals surface area (Å²) in [6.07, 6.45) is 5.63. The maximum Gasteiger partial charge on any atom is 0.227 e. The molecular weight excluding hydrogens is 336 g/mol. The summed E-state index contributed by atoms with van der Waals surface area (Å²) < 4.78 is 5.89. The Kier molecular flexibility index (Phi) is 5.33. The molecule has 0 saturated heterocycles. The van der Waals surface area contributed by atoms with Gasteiger partial charge in [-0.15, -0.1) is 0 Å². The fourth-order valence-corrected chi connectivity index (χ4v) is 3.81. The van der Waals surface area contributed by atoms with E-state index in [0.717, 1.165) is 42.3 Å². The zero-order valence-electron chi connectivity index (χ0n) is 15.4. The Bertz CT molecular complexity index is 933. The van der Waals surface area contributed by atoms with E-state index in [9.17, 15) is 4.79 Å². The van der Waals surface area contributed by atoms with Crippen LogP contribution in [0.4, 0.5) is 0 Å². The lowest BCUT2D eigenvalue weighted by Crippen LogP contribution is -2.32. The molecule has 0 bridgehead atoms. The third-order valence-corrected chi connectivity index (χ3v) is 5.16. The molecule has 138 valence electrons. The van der Waals surface area contributed by atoms with Crippen molar-refractivity contribution < 1.29 is 9.53 Å². The van der Waals surface area contributed by atoms with Crippen molar-refractivity contribution in [1.29, 1.82) is 0 Å². The summed E-state index contributed by atoms with van der Waals surface area (Å²) in [6.45, 7) is 1.17. The zero-order valence-corrected chi connectivity index (χ0v) is 15.4. The number of nitrogens with zero attached hydrogens (tertiary/aromatic N) is 1. The fourth-order valence-electron chi connectivity index (χ4n) is 3.81. The molecule has 1 atom stereocenters. The Morgan fingerprint density at radius 1 is 1.11 bits per heavy atom. The van der Waals surface area contributed by atoms with E-state index in [1.165, 1.54) is 11.1 Å². The van der Waals surface area contributed by atoms with Crippen LogP contribution in [-0.4, -0.2) is 24.0 Å². The number of hydrogen-bond acceptors (Lipinski definition) is 3. The Morgan fingerprint density at radius 3 is 2.96 bits per heavy atom. The van der Waals surface area contributed by atoms with Crippen molar-refractivity contribution in [3.8, 4) is 5.75 Å². The van der Waals surface area contributed by atoms with Crippen molar-refractivity contribution in [2.24, 2.45) is 0 Å². The highest BCUT2D eigenvalue weighted by Gasteiger charge is 2.25. The largest absolute Gasteiger partial charge is 0.491 e. The van der Waals surface area contributed by atoms with Crippen LogP contribution < -0.4 is 10.1 Å². The van der Waals surface area contributed by atoms with E-state index in [1.54, 1.807) is 6.20 Å². The van der Waals surface area contributed by atoms with E-state index in [0.29, 0.717) is 13.2 Å². The molecule has 0 spiro atoms. The number of hydrogen-bond donors (Lipinski definition) is 1. The molecule has 1 aliphatic rings. The first-order chi connectivity index (χ1) is 13.3. The molecule has 0 radical (unpaired) electrons. The molecule has 1 N–H and O–H groups in total. The molecule has 2 aromatic carbocycles. The molecule has 4 heteroatoms. The van der Waals surface area contributed by atoms with Crippen LogP contribution in [0.15, 0.2) is 60.8 Å². The van der Waals surface area contributed by atoms with E-state index in [4.69, 9.17) is 4.74 Å². The Morgan fingerprint density at radius 2 is 2.00 bits per heavy atom. The van der Waals surface area contributed by atoms with Crippen LogP contribution in [0.3, 0.4) is 0 Å². The Hall–Kier alpha value is -2.88. The average molecular weight is 360 g/mol. The quantitative estimate of drug-likeness (QED) is 0.669. The smallest absolute Gasteiger partial charge is 0.227 e. The Labute approximate surface area is 159 Å². The number of aryl methyl sites for hydroxylation is 1. The molecule has 4 nitrogen and oxygen atoms in total. The monoisotopic (exact) mass is 360 g/mol. The predicted octanol–water partition coefficient (Wildman–Crippen LogP) is 4.24. The molecule has 27 heavy (non-hydrogen) atoms. The number of aromatic nitrogens is 1. The number of carbonyl (C=O) groups is 1. The minimum absolute atomic E-state index is 0.0156. The lowest BCUT2D eigenvalue weighted by Gasteiger charge is -2.24. The van der Waals surface area contributed by atoms with Gasteiger partial charge in [-0.1, -0.05) is 42.5 Å². The van der Waals surface area contributed by atoms with Crippen LogP contribution in [-0.2, 0) is 11.2 Å². The number of nitrogens with one attached hydrogen (secondary N) is 1. The lowest BCUT2D eigenvalue weighted by molar-refractivity contribution is -0.122. The van der Waals surface area contributed by atoms with Crippen LogP contribution in [0, 0.1) is 0 Å². The SMILES string of the molecule is O=C(NCCCOc1cccc2cccnc12)C1CCCc2ccccc21. The Balaban J connectivity index is 1.28. The van der Waals surface area contributed by atoms with Crippen LogP contribution >= 0.6 is 0 Å². The van der Waals surface area contributed by atoms with Crippen LogP contribution in [0.5, 0.6) is 5.75 Å². The van der Waals surface area contributed by atoms with Gasteiger partial charge in [0.2, 0.25) is 5.91 Å². The number of para-hydroxylation sites is 1. The molecule has 1 heterocycles. The summed E-state index contributed by atoms with van der Waals surface area (Å²) in [7, 11) is 0. The molecular formula is C23H24N2O2. The summed E-state index contributed by atoms with van der Waals surface area (Å²) in [4.78, 5) is 17.0. The summed E-state index contributed by atoms with van der Waals surface area (Å²) in [5.74, 6) is 0.910. The number of fused-ring (bicyclic) bond motifs is 2. The van der Waals surface area contributed by atoms with Crippen molar-refractivity contribution in [2.45, 2.75) is 31.6 Å². The van der Waals surface area contributed by atoms with Crippen LogP contribution in [0.2, 0.25) is 0 Å². The van der Waals surface area contributed by atoms with E-state index in [1.807, 2.05) is 36.4 Å². The molecule has 4 rings (SSSR count). The third kappa shape index (κ3) is 3.95. The number of benzene rings is 2. The molecule has 3 aromatic rings. The summed E-state index contributed by atoms with van der Waals surface area (Å²) >= 11 is 0. The van der Waals surface area contributed by atoms with Gasteiger partial charge in [0.25, 0.3) is 0 Å². The van der Waals surface area contributed by atoms with Crippen molar-refractivity contribution in [1.82, 2.24) is 10.3 Å². The van der Waals surface area contributed by atoms with Gasteiger partial charge >= 0.3 is 0 Å². The van der Waals surface area contributed by atoms with E-state index in [2.05, 4.69) is 28.5 Å². The average Bonchev–Trinajstić information content (AvgIpc) is 2.73. The second-order valence-electron chi connectivity index (χ2n) is 6.97. The number of rotatable bonds is 6. The number of amides is 1. The highest BCUT2D eigenvalue weighted by Crippen LogP contribution is 2.31. The summed E-state index contributed by atoms with van der Waals surface area (Å²) in [6, 6.07) is 18.2. The topological polar surface area (TPSA) is 51.2 Å². The first kappa shape index (κ1) is 17.5. The second kappa shape index (κ2) is 8.21. The van der Waals surface area contributed by atoms with Crippen molar-refractivity contribution in [3.05, 3.63) is 71.9 Å². The molecule has 1 amide bonds. The van der Waals surface area contributed by atoms with Gasteiger partial charge in [0.05, 0.1) is 12.5 Å². The molecule has 0 aliphatic heterocycles. The molecule has 1 aliphatic carbocycles. The normalized spacial score (nSPS) is 15.9. The summed E-state index contributed by atoms with van der Waals surface area (Å²) in [5, 5.41) is 4.15. The number of carbonyl (C=O) groups excluding carboxylic acids is 1. The van der Waals surface area contributed by atoms with Gasteiger partial charge in [0, 0.05) is 18.1 Å². The van der Waals surface area contributed by atoms with Crippen molar-refractivity contribution in [2.75, 3.05) is 13.2 Å². The number of ether oxygens (including phenoxy) is 1. The molecule has 0 fully saturated rings. The van der Waals surface area contributed by atoms with E-state index in [-0.39, 0.29) is 11.8 Å². The minimum Gasteiger partial charge on any atom is -0.491 e. The van der Waals surface area contributed by atoms with Crippen molar-refractivity contribution >= 4 is 16.8 Å². The maximum absolute atomic E-state index is 12.6. The van der Waals surface area contributed by atoms with Crippen molar-refractivity contribution in [3.63, 3.8) is 0 Å². The first-order valence-electron chi connectivity index (χ1n) is 9.65. The molecule has 1 aromatic heterocycles. The third-order valence-electron chi connectivity index (χ3n) is 5.16. The second-order valence-corrected chi connectivity index (χ2v) is 6.97. The zero-order chi connectivity index (χ0) is 18.5. The van der Waals surface area contributed by atoms with Crippen LogP contribution in [0.1, 0.15) is 36.3 Å². The minimum atomic E-state index is -0.0156.